The van der Waals surface area contributed by atoms with Gasteiger partial charge in [0.1, 0.15) is 0 Å². The van der Waals surface area contributed by atoms with Crippen molar-refractivity contribution in [2.24, 2.45) is 0 Å². The van der Waals surface area contributed by atoms with Crippen molar-refractivity contribution in [1.29, 1.82) is 0 Å². The maximum atomic E-state index is 2.31. The summed E-state index contributed by atoms with van der Waals surface area (Å²) in [7, 11) is 0. The Bertz CT molecular complexity index is 496. The summed E-state index contributed by atoms with van der Waals surface area (Å²) in [5.74, 6) is 0.656. The van der Waals surface area contributed by atoms with Crippen molar-refractivity contribution >= 4 is 11.3 Å². The fourth-order valence-electron chi connectivity index (χ4n) is 2.69. The highest BCUT2D eigenvalue weighted by Crippen LogP contribution is 2.39. The zero-order valence-corrected chi connectivity index (χ0v) is 10.4. The van der Waals surface area contributed by atoms with Crippen molar-refractivity contribution in [3.8, 4) is 0 Å². The first-order valence-corrected chi connectivity index (χ1v) is 6.80. The molecule has 0 saturated heterocycles. The topological polar surface area (TPSA) is 0 Å². The second-order valence-electron chi connectivity index (χ2n) is 4.59. The molecule has 2 aromatic rings. The predicted molar refractivity (Wildman–Crippen MR) is 70.3 cm³/mol. The van der Waals surface area contributed by atoms with Gasteiger partial charge < -0.3 is 0 Å². The quantitative estimate of drug-likeness (QED) is 0.673. The predicted octanol–water partition coefficient (Wildman–Crippen LogP) is 4.52. The molecule has 1 aromatic heterocycles. The first-order chi connectivity index (χ1) is 7.84. The van der Waals surface area contributed by atoms with Crippen LogP contribution in [-0.4, -0.2) is 0 Å². The third-order valence-electron chi connectivity index (χ3n) is 3.47. The molecule has 0 bridgehead atoms. The van der Waals surface area contributed by atoms with Gasteiger partial charge in [-0.15, -0.1) is 11.3 Å². The number of aryl methyl sites for hydroxylation is 2. The molecule has 1 heteroatoms. The highest BCUT2D eigenvalue weighted by molar-refractivity contribution is 7.12. The minimum Gasteiger partial charge on any atom is -0.145 e. The first kappa shape index (κ1) is 10.1. The largest absolute Gasteiger partial charge is 0.145 e. The Balaban J connectivity index is 2.04. The lowest BCUT2D eigenvalue weighted by molar-refractivity contribution is 0.623. The van der Waals surface area contributed by atoms with Crippen LogP contribution in [0, 0.1) is 6.92 Å². The minimum absolute atomic E-state index is 0.656. The SMILES string of the molecule is Cc1ccc(C2CCCc3ccccc32)s1. The van der Waals surface area contributed by atoms with Gasteiger partial charge in [0.15, 0.2) is 0 Å². The Kier molecular flexibility index (Phi) is 2.56. The van der Waals surface area contributed by atoms with Gasteiger partial charge in [0.05, 0.1) is 0 Å². The number of rotatable bonds is 1. The molecule has 1 unspecified atom stereocenters. The third kappa shape index (κ3) is 1.69. The summed E-state index contributed by atoms with van der Waals surface area (Å²) >= 11 is 1.96. The highest BCUT2D eigenvalue weighted by atomic mass is 32.1. The Morgan fingerprint density at radius 3 is 2.81 bits per heavy atom. The van der Waals surface area contributed by atoms with Crippen molar-refractivity contribution < 1.29 is 0 Å². The molecule has 1 atom stereocenters. The van der Waals surface area contributed by atoms with Crippen LogP contribution in [0.25, 0.3) is 0 Å². The van der Waals surface area contributed by atoms with Crippen LogP contribution in [-0.2, 0) is 6.42 Å². The van der Waals surface area contributed by atoms with Crippen molar-refractivity contribution in [1.82, 2.24) is 0 Å². The number of hydrogen-bond acceptors (Lipinski definition) is 1. The van der Waals surface area contributed by atoms with Gasteiger partial charge in [-0.2, -0.15) is 0 Å². The lowest BCUT2D eigenvalue weighted by Crippen LogP contribution is -2.09. The lowest BCUT2D eigenvalue weighted by atomic mass is 9.82. The zero-order chi connectivity index (χ0) is 11.0. The molecule has 0 fully saturated rings. The van der Waals surface area contributed by atoms with Gasteiger partial charge in [0.25, 0.3) is 0 Å². The Morgan fingerprint density at radius 2 is 2.00 bits per heavy atom. The van der Waals surface area contributed by atoms with Crippen LogP contribution >= 0.6 is 11.3 Å². The fourth-order valence-corrected chi connectivity index (χ4v) is 3.72. The molecule has 0 aliphatic heterocycles. The van der Waals surface area contributed by atoms with Gasteiger partial charge in [0, 0.05) is 15.7 Å². The molecular formula is C15H16S. The van der Waals surface area contributed by atoms with Crippen molar-refractivity contribution in [2.45, 2.75) is 32.1 Å². The summed E-state index contributed by atoms with van der Waals surface area (Å²) in [5, 5.41) is 0. The molecule has 1 aliphatic rings. The molecular weight excluding hydrogens is 212 g/mol. The summed E-state index contributed by atoms with van der Waals surface area (Å²) in [6.45, 7) is 2.20. The summed E-state index contributed by atoms with van der Waals surface area (Å²) in [6, 6.07) is 13.5. The van der Waals surface area contributed by atoms with Crippen molar-refractivity contribution in [3.05, 3.63) is 57.3 Å². The monoisotopic (exact) mass is 228 g/mol. The zero-order valence-electron chi connectivity index (χ0n) is 9.57. The molecule has 1 aliphatic carbocycles. The van der Waals surface area contributed by atoms with E-state index in [0.29, 0.717) is 5.92 Å². The molecule has 0 N–H and O–H groups in total. The lowest BCUT2D eigenvalue weighted by Gasteiger charge is -2.24. The summed E-state index contributed by atoms with van der Waals surface area (Å²) < 4.78 is 0. The van der Waals surface area contributed by atoms with E-state index in [0.717, 1.165) is 0 Å². The van der Waals surface area contributed by atoms with E-state index in [4.69, 9.17) is 0 Å². The van der Waals surface area contributed by atoms with Crippen LogP contribution in [0.4, 0.5) is 0 Å². The van der Waals surface area contributed by atoms with E-state index >= 15 is 0 Å². The van der Waals surface area contributed by atoms with Gasteiger partial charge in [-0.1, -0.05) is 24.3 Å². The maximum Gasteiger partial charge on any atom is 0.0186 e. The molecule has 0 saturated carbocycles. The fraction of sp³-hybridized carbons (Fsp3) is 0.333. The van der Waals surface area contributed by atoms with Crippen LogP contribution in [0.15, 0.2) is 36.4 Å². The van der Waals surface area contributed by atoms with E-state index in [2.05, 4.69) is 43.3 Å². The van der Waals surface area contributed by atoms with Gasteiger partial charge in [-0.25, -0.2) is 0 Å². The van der Waals surface area contributed by atoms with Gasteiger partial charge in [-0.3, -0.25) is 0 Å². The molecule has 0 radical (unpaired) electrons. The number of thiophene rings is 1. The smallest absolute Gasteiger partial charge is 0.0186 e. The van der Waals surface area contributed by atoms with E-state index in [1.165, 1.54) is 24.1 Å². The van der Waals surface area contributed by atoms with E-state index in [-0.39, 0.29) is 0 Å². The average molecular weight is 228 g/mol. The van der Waals surface area contributed by atoms with Crippen LogP contribution in [0.5, 0.6) is 0 Å². The number of benzene rings is 1. The summed E-state index contributed by atoms with van der Waals surface area (Å²) in [4.78, 5) is 2.97. The highest BCUT2D eigenvalue weighted by Gasteiger charge is 2.22. The molecule has 82 valence electrons. The maximum absolute atomic E-state index is 2.31. The Hall–Kier alpha value is -1.08. The van der Waals surface area contributed by atoms with Crippen LogP contribution in [0.1, 0.15) is 39.6 Å². The molecule has 0 nitrogen and oxygen atoms in total. The molecule has 0 amide bonds. The Morgan fingerprint density at radius 1 is 1.12 bits per heavy atom. The van der Waals surface area contributed by atoms with E-state index in [1.807, 2.05) is 11.3 Å². The van der Waals surface area contributed by atoms with Crippen molar-refractivity contribution in [3.63, 3.8) is 0 Å². The molecule has 1 aromatic carbocycles. The van der Waals surface area contributed by atoms with E-state index in [9.17, 15) is 0 Å². The van der Waals surface area contributed by atoms with Crippen LogP contribution in [0.3, 0.4) is 0 Å². The number of fused-ring (bicyclic) bond motifs is 1. The Labute approximate surface area is 101 Å². The third-order valence-corrected chi connectivity index (χ3v) is 4.59. The molecule has 0 spiro atoms. The summed E-state index contributed by atoms with van der Waals surface area (Å²) in [6.07, 6.45) is 3.91. The average Bonchev–Trinajstić information content (AvgIpc) is 2.75. The van der Waals surface area contributed by atoms with E-state index in [1.54, 1.807) is 16.0 Å². The number of hydrogen-bond donors (Lipinski definition) is 0. The van der Waals surface area contributed by atoms with Gasteiger partial charge >= 0.3 is 0 Å². The standard InChI is InChI=1S/C15H16S/c1-11-9-10-15(16-11)14-8-4-6-12-5-2-3-7-13(12)14/h2-3,5,7,9-10,14H,4,6,8H2,1H3. The normalized spacial score (nSPS) is 19.4. The molecule has 16 heavy (non-hydrogen) atoms. The van der Waals surface area contributed by atoms with E-state index < -0.39 is 0 Å². The first-order valence-electron chi connectivity index (χ1n) is 5.99. The molecule has 3 rings (SSSR count). The minimum atomic E-state index is 0.656. The second-order valence-corrected chi connectivity index (χ2v) is 5.91. The van der Waals surface area contributed by atoms with Gasteiger partial charge in [0.2, 0.25) is 0 Å². The van der Waals surface area contributed by atoms with Gasteiger partial charge in [-0.05, 0) is 49.4 Å². The summed E-state index contributed by atoms with van der Waals surface area (Å²) in [5.41, 5.74) is 3.13. The van der Waals surface area contributed by atoms with Crippen LogP contribution < -0.4 is 0 Å². The van der Waals surface area contributed by atoms with Crippen molar-refractivity contribution in [2.75, 3.05) is 0 Å². The second kappa shape index (κ2) is 4.06. The molecule has 1 heterocycles. The van der Waals surface area contributed by atoms with Crippen LogP contribution in [0.2, 0.25) is 0 Å².